The second-order valence-electron chi connectivity index (χ2n) is 6.28. The third-order valence-electron chi connectivity index (χ3n) is 4.14. The Morgan fingerprint density at radius 1 is 1.14 bits per heavy atom. The number of anilines is 1. The minimum atomic E-state index is -0.121. The van der Waals surface area contributed by atoms with Crippen LogP contribution in [0.25, 0.3) is 11.3 Å². The van der Waals surface area contributed by atoms with Crippen molar-refractivity contribution in [2.75, 3.05) is 11.1 Å². The van der Waals surface area contributed by atoms with Gasteiger partial charge in [0, 0.05) is 33.5 Å². The molecular formula is C22H17Cl2N3OS. The molecule has 146 valence electrons. The number of hydrogen-bond acceptors (Lipinski definition) is 4. The van der Waals surface area contributed by atoms with Gasteiger partial charge in [-0.05, 0) is 48.9 Å². The summed E-state index contributed by atoms with van der Waals surface area (Å²) in [7, 11) is 0. The van der Waals surface area contributed by atoms with Crippen molar-refractivity contribution in [3.8, 4) is 17.3 Å². The highest BCUT2D eigenvalue weighted by Gasteiger charge is 2.10. The van der Waals surface area contributed by atoms with Gasteiger partial charge in [0.25, 0.3) is 0 Å². The van der Waals surface area contributed by atoms with Crippen molar-refractivity contribution >= 4 is 46.6 Å². The summed E-state index contributed by atoms with van der Waals surface area (Å²) in [6, 6.07) is 18.5. The molecule has 1 aromatic heterocycles. The number of aryl methyl sites for hydroxylation is 1. The number of nitrogens with zero attached hydrogens (tertiary/aromatic N) is 2. The summed E-state index contributed by atoms with van der Waals surface area (Å²) < 4.78 is 0. The van der Waals surface area contributed by atoms with Crippen LogP contribution in [-0.4, -0.2) is 16.6 Å². The van der Waals surface area contributed by atoms with Gasteiger partial charge in [0.1, 0.15) is 11.1 Å². The van der Waals surface area contributed by atoms with Gasteiger partial charge in [-0.1, -0.05) is 41.4 Å². The molecule has 0 bridgehead atoms. The summed E-state index contributed by atoms with van der Waals surface area (Å²) in [4.78, 5) is 16.8. The SMILES string of the molecule is Cc1ccc(NC(=O)CCSc2nc(-c3ccc(Cl)cc3)ccc2C#N)cc1Cl. The number of halogens is 2. The average molecular weight is 442 g/mol. The normalized spacial score (nSPS) is 10.4. The van der Waals surface area contributed by atoms with Crippen LogP contribution < -0.4 is 5.32 Å². The maximum Gasteiger partial charge on any atom is 0.225 e. The highest BCUT2D eigenvalue weighted by Crippen LogP contribution is 2.27. The summed E-state index contributed by atoms with van der Waals surface area (Å²) in [6.07, 6.45) is 0.286. The topological polar surface area (TPSA) is 65.8 Å². The molecule has 0 atom stereocenters. The van der Waals surface area contributed by atoms with E-state index >= 15 is 0 Å². The third kappa shape index (κ3) is 5.74. The van der Waals surface area contributed by atoms with Crippen molar-refractivity contribution in [3.05, 3.63) is 75.8 Å². The minimum Gasteiger partial charge on any atom is -0.326 e. The van der Waals surface area contributed by atoms with Crippen molar-refractivity contribution < 1.29 is 4.79 Å². The quantitative estimate of drug-likeness (QED) is 0.452. The molecular weight excluding hydrogens is 425 g/mol. The second-order valence-corrected chi connectivity index (χ2v) is 8.21. The summed E-state index contributed by atoms with van der Waals surface area (Å²) in [5.41, 5.74) is 3.77. The number of hydrogen-bond donors (Lipinski definition) is 1. The van der Waals surface area contributed by atoms with Crippen LogP contribution in [0, 0.1) is 18.3 Å². The number of thioether (sulfide) groups is 1. The van der Waals surface area contributed by atoms with E-state index in [1.807, 2.05) is 31.2 Å². The fraction of sp³-hybridized carbons (Fsp3) is 0.136. The maximum atomic E-state index is 12.2. The molecule has 1 N–H and O–H groups in total. The molecule has 0 aliphatic rings. The third-order valence-corrected chi connectivity index (χ3v) is 5.80. The Morgan fingerprint density at radius 3 is 2.59 bits per heavy atom. The highest BCUT2D eigenvalue weighted by molar-refractivity contribution is 7.99. The fourth-order valence-electron chi connectivity index (χ4n) is 2.55. The number of nitrogens with one attached hydrogen (secondary N) is 1. The van der Waals surface area contributed by atoms with Crippen LogP contribution in [0.4, 0.5) is 5.69 Å². The van der Waals surface area contributed by atoms with Crippen molar-refractivity contribution in [1.29, 1.82) is 5.26 Å². The standard InChI is InChI=1S/C22H17Cl2N3OS/c1-14-2-8-18(12-19(14)24)26-21(28)10-11-29-22-16(13-25)5-9-20(27-22)15-3-6-17(23)7-4-15/h2-9,12H,10-11H2,1H3,(H,26,28). The van der Waals surface area contributed by atoms with E-state index in [4.69, 9.17) is 23.2 Å². The van der Waals surface area contributed by atoms with Crippen LogP contribution in [0.2, 0.25) is 10.0 Å². The Balaban J connectivity index is 1.64. The minimum absolute atomic E-state index is 0.121. The molecule has 1 amide bonds. The predicted molar refractivity (Wildman–Crippen MR) is 120 cm³/mol. The van der Waals surface area contributed by atoms with Gasteiger partial charge in [-0.2, -0.15) is 5.26 Å². The first-order valence-corrected chi connectivity index (χ1v) is 10.6. The smallest absolute Gasteiger partial charge is 0.225 e. The monoisotopic (exact) mass is 441 g/mol. The summed E-state index contributed by atoms with van der Waals surface area (Å²) in [5.74, 6) is 0.377. The molecule has 0 saturated heterocycles. The number of benzene rings is 2. The number of nitriles is 1. The van der Waals surface area contributed by atoms with Crippen molar-refractivity contribution in [2.24, 2.45) is 0 Å². The second kappa shape index (κ2) is 9.80. The Kier molecular flexibility index (Phi) is 7.16. The lowest BCUT2D eigenvalue weighted by Gasteiger charge is -2.08. The van der Waals surface area contributed by atoms with E-state index in [9.17, 15) is 10.1 Å². The zero-order chi connectivity index (χ0) is 20.8. The van der Waals surface area contributed by atoms with Gasteiger partial charge < -0.3 is 5.32 Å². The Bertz CT molecular complexity index is 1080. The number of carbonyl (C=O) groups excluding carboxylic acids is 1. The molecule has 29 heavy (non-hydrogen) atoms. The largest absolute Gasteiger partial charge is 0.326 e. The van der Waals surface area contributed by atoms with E-state index in [1.165, 1.54) is 11.8 Å². The zero-order valence-electron chi connectivity index (χ0n) is 15.6. The van der Waals surface area contributed by atoms with Gasteiger partial charge in [0.2, 0.25) is 5.91 Å². The van der Waals surface area contributed by atoms with E-state index in [2.05, 4.69) is 16.4 Å². The van der Waals surface area contributed by atoms with Gasteiger partial charge in [-0.15, -0.1) is 11.8 Å². The van der Waals surface area contributed by atoms with Gasteiger partial charge in [-0.3, -0.25) is 4.79 Å². The maximum absolute atomic E-state index is 12.2. The van der Waals surface area contributed by atoms with E-state index in [0.717, 1.165) is 16.8 Å². The first kappa shape index (κ1) is 21.2. The number of rotatable bonds is 6. The van der Waals surface area contributed by atoms with E-state index < -0.39 is 0 Å². The molecule has 0 fully saturated rings. The summed E-state index contributed by atoms with van der Waals surface area (Å²) in [5, 5.41) is 14.1. The van der Waals surface area contributed by atoms with Gasteiger partial charge >= 0.3 is 0 Å². The summed E-state index contributed by atoms with van der Waals surface area (Å²) in [6.45, 7) is 1.91. The van der Waals surface area contributed by atoms with Crippen molar-refractivity contribution in [1.82, 2.24) is 4.98 Å². The number of amides is 1. The molecule has 0 saturated carbocycles. The van der Waals surface area contributed by atoms with E-state index in [-0.39, 0.29) is 12.3 Å². The van der Waals surface area contributed by atoms with E-state index in [1.54, 1.807) is 30.3 Å². The van der Waals surface area contributed by atoms with Gasteiger partial charge in [0.15, 0.2) is 0 Å². The molecule has 4 nitrogen and oxygen atoms in total. The number of aromatic nitrogens is 1. The average Bonchev–Trinajstić information content (AvgIpc) is 2.71. The lowest BCUT2D eigenvalue weighted by molar-refractivity contribution is -0.115. The molecule has 7 heteroatoms. The van der Waals surface area contributed by atoms with Crippen LogP contribution in [0.1, 0.15) is 17.5 Å². The molecule has 0 aliphatic carbocycles. The molecule has 0 unspecified atom stereocenters. The Labute approximate surface area is 183 Å². The highest BCUT2D eigenvalue weighted by atomic mass is 35.5. The van der Waals surface area contributed by atoms with Gasteiger partial charge in [0.05, 0.1) is 11.3 Å². The van der Waals surface area contributed by atoms with Gasteiger partial charge in [-0.25, -0.2) is 4.98 Å². The first-order chi connectivity index (χ1) is 14.0. The zero-order valence-corrected chi connectivity index (χ0v) is 17.9. The van der Waals surface area contributed by atoms with Crippen molar-refractivity contribution in [2.45, 2.75) is 18.4 Å². The number of pyridine rings is 1. The molecule has 1 heterocycles. The molecule has 2 aromatic carbocycles. The lowest BCUT2D eigenvalue weighted by Crippen LogP contribution is -2.12. The van der Waals surface area contributed by atoms with E-state index in [0.29, 0.717) is 32.1 Å². The molecule has 3 aromatic rings. The molecule has 0 spiro atoms. The van der Waals surface area contributed by atoms with Crippen LogP contribution in [0.15, 0.2) is 59.6 Å². The Morgan fingerprint density at radius 2 is 1.90 bits per heavy atom. The lowest BCUT2D eigenvalue weighted by atomic mass is 10.1. The Hall–Kier alpha value is -2.52. The van der Waals surface area contributed by atoms with Crippen molar-refractivity contribution in [3.63, 3.8) is 0 Å². The van der Waals surface area contributed by atoms with Crippen LogP contribution >= 0.6 is 35.0 Å². The number of carbonyl (C=O) groups is 1. The van der Waals surface area contributed by atoms with Crippen LogP contribution in [0.5, 0.6) is 0 Å². The summed E-state index contributed by atoms with van der Waals surface area (Å²) >= 11 is 13.4. The first-order valence-electron chi connectivity index (χ1n) is 8.82. The molecule has 0 radical (unpaired) electrons. The predicted octanol–water partition coefficient (Wildman–Crippen LogP) is 6.36. The van der Waals surface area contributed by atoms with Crippen LogP contribution in [0.3, 0.4) is 0 Å². The van der Waals surface area contributed by atoms with Crippen LogP contribution in [-0.2, 0) is 4.79 Å². The molecule has 3 rings (SSSR count). The molecule has 0 aliphatic heterocycles. The fourth-order valence-corrected chi connectivity index (χ4v) is 3.77.